The number of alkyl carbamates (subject to hydrolysis) is 1. The highest BCUT2D eigenvalue weighted by Crippen LogP contribution is 2.31. The zero-order valence-electron chi connectivity index (χ0n) is 18.7. The Labute approximate surface area is 197 Å². The van der Waals surface area contributed by atoms with Gasteiger partial charge in [-0.3, -0.25) is 0 Å². The normalized spacial score (nSPS) is 13.3. The van der Waals surface area contributed by atoms with Gasteiger partial charge in [0.05, 0.1) is 21.9 Å². The number of aliphatic hydroxyl groups is 1. The number of benzene rings is 2. The number of pyridine rings is 1. The minimum Gasteiger partial charge on any atom is -0.445 e. The lowest BCUT2D eigenvalue weighted by molar-refractivity contribution is 0.0621. The van der Waals surface area contributed by atoms with E-state index in [4.69, 9.17) is 22.1 Å². The molecule has 0 saturated carbocycles. The Bertz CT molecular complexity index is 1140. The molecule has 1 atom stereocenters. The van der Waals surface area contributed by atoms with Crippen molar-refractivity contribution in [2.75, 3.05) is 6.54 Å². The number of nitrogens with two attached hydrogens (primary N) is 1. The summed E-state index contributed by atoms with van der Waals surface area (Å²) in [5, 5.41) is 13.6. The number of hydrogen-bond donors (Lipinski definition) is 3. The third kappa shape index (κ3) is 6.07. The Hall–Kier alpha value is -3.00. The van der Waals surface area contributed by atoms with Crippen LogP contribution in [0.15, 0.2) is 60.7 Å². The number of nitrogens with zero attached hydrogens (tertiary/aromatic N) is 1. The lowest BCUT2D eigenvalue weighted by atomic mass is 9.90. The minimum atomic E-state index is -1.42. The van der Waals surface area contributed by atoms with Gasteiger partial charge < -0.3 is 20.9 Å². The van der Waals surface area contributed by atoms with Gasteiger partial charge in [0, 0.05) is 12.1 Å². The average Bonchev–Trinajstić information content (AvgIpc) is 2.79. The molecule has 8 heteroatoms. The number of aromatic nitrogens is 1. The van der Waals surface area contributed by atoms with Crippen LogP contribution in [0.3, 0.4) is 0 Å². The fourth-order valence-corrected chi connectivity index (χ4v) is 3.34. The highest BCUT2D eigenvalue weighted by Gasteiger charge is 2.30. The monoisotopic (exact) mass is 471 g/mol. The minimum absolute atomic E-state index is 0.0475. The molecule has 1 heterocycles. The molecule has 0 spiro atoms. The molecule has 0 aliphatic heterocycles. The maximum absolute atomic E-state index is 13.7. The molecule has 0 aliphatic rings. The predicted octanol–water partition coefficient (Wildman–Crippen LogP) is 4.87. The van der Waals surface area contributed by atoms with Crippen molar-refractivity contribution in [2.24, 2.45) is 5.73 Å². The summed E-state index contributed by atoms with van der Waals surface area (Å²) in [6.07, 6.45) is -0.598. The van der Waals surface area contributed by atoms with E-state index in [1.54, 1.807) is 39.0 Å². The maximum Gasteiger partial charge on any atom is 0.408 e. The van der Waals surface area contributed by atoms with Crippen LogP contribution in [0, 0.1) is 5.82 Å². The molecule has 6 nitrogen and oxygen atoms in total. The molecule has 0 aliphatic carbocycles. The van der Waals surface area contributed by atoms with Gasteiger partial charge in [0.15, 0.2) is 0 Å². The Morgan fingerprint density at radius 1 is 1.15 bits per heavy atom. The number of hydrogen-bond acceptors (Lipinski definition) is 5. The van der Waals surface area contributed by atoms with Crippen molar-refractivity contribution in [3.05, 3.63) is 88.3 Å². The lowest BCUT2D eigenvalue weighted by Gasteiger charge is -2.29. The Morgan fingerprint density at radius 2 is 1.85 bits per heavy atom. The lowest BCUT2D eigenvalue weighted by Crippen LogP contribution is -2.42. The summed E-state index contributed by atoms with van der Waals surface area (Å²) in [6, 6.07) is 17.0. The van der Waals surface area contributed by atoms with Gasteiger partial charge in [-0.2, -0.15) is 0 Å². The van der Waals surface area contributed by atoms with Crippen LogP contribution in [0.1, 0.15) is 37.6 Å². The largest absolute Gasteiger partial charge is 0.445 e. The van der Waals surface area contributed by atoms with Crippen molar-refractivity contribution in [3.8, 4) is 11.3 Å². The second-order valence-electron chi connectivity index (χ2n) is 8.54. The van der Waals surface area contributed by atoms with Crippen LogP contribution in [0.4, 0.5) is 9.18 Å². The van der Waals surface area contributed by atoms with E-state index in [1.165, 1.54) is 12.1 Å². The van der Waals surface area contributed by atoms with Crippen LogP contribution in [-0.2, 0) is 22.5 Å². The maximum atomic E-state index is 13.7. The molecule has 0 radical (unpaired) electrons. The first-order chi connectivity index (χ1) is 15.5. The van der Waals surface area contributed by atoms with Crippen LogP contribution in [0.25, 0.3) is 11.3 Å². The Balaban J connectivity index is 1.92. The van der Waals surface area contributed by atoms with E-state index in [0.29, 0.717) is 22.5 Å². The van der Waals surface area contributed by atoms with Crippen LogP contribution in [0.5, 0.6) is 0 Å². The second-order valence-corrected chi connectivity index (χ2v) is 8.95. The number of halogens is 2. The molecular formula is C25H27ClFN3O3. The highest BCUT2D eigenvalue weighted by molar-refractivity contribution is 6.31. The van der Waals surface area contributed by atoms with E-state index in [1.807, 2.05) is 30.3 Å². The molecular weight excluding hydrogens is 445 g/mol. The van der Waals surface area contributed by atoms with Gasteiger partial charge in [0.25, 0.3) is 0 Å². The third-order valence-corrected chi connectivity index (χ3v) is 5.63. The van der Waals surface area contributed by atoms with Gasteiger partial charge in [-0.25, -0.2) is 14.2 Å². The van der Waals surface area contributed by atoms with E-state index in [2.05, 4.69) is 10.3 Å². The van der Waals surface area contributed by atoms with E-state index in [9.17, 15) is 14.3 Å². The van der Waals surface area contributed by atoms with Gasteiger partial charge in [-0.1, -0.05) is 41.9 Å². The van der Waals surface area contributed by atoms with Crippen LogP contribution < -0.4 is 11.1 Å². The number of amides is 1. The van der Waals surface area contributed by atoms with Gasteiger partial charge in [0.2, 0.25) is 0 Å². The molecule has 0 bridgehead atoms. The van der Waals surface area contributed by atoms with Crippen molar-refractivity contribution in [2.45, 2.75) is 38.5 Å². The molecule has 0 saturated heterocycles. The summed E-state index contributed by atoms with van der Waals surface area (Å²) in [5.41, 5.74) is 6.27. The molecule has 174 valence electrons. The molecule has 4 N–H and O–H groups in total. The summed E-state index contributed by atoms with van der Waals surface area (Å²) >= 11 is 5.96. The third-order valence-electron chi connectivity index (χ3n) is 5.34. The Morgan fingerprint density at radius 3 is 2.48 bits per heavy atom. The summed E-state index contributed by atoms with van der Waals surface area (Å²) in [7, 11) is 0. The molecule has 0 fully saturated rings. The molecule has 2 aromatic carbocycles. The van der Waals surface area contributed by atoms with E-state index in [-0.39, 0.29) is 18.2 Å². The molecule has 3 aromatic rings. The van der Waals surface area contributed by atoms with Crippen molar-refractivity contribution in [1.29, 1.82) is 0 Å². The number of carbonyl (C=O) groups excluding carboxylic acids is 1. The quantitative estimate of drug-likeness (QED) is 0.456. The van der Waals surface area contributed by atoms with E-state index < -0.39 is 23.1 Å². The van der Waals surface area contributed by atoms with Crippen molar-refractivity contribution in [3.63, 3.8) is 0 Å². The van der Waals surface area contributed by atoms with Gasteiger partial charge >= 0.3 is 6.09 Å². The van der Waals surface area contributed by atoms with E-state index >= 15 is 0 Å². The first-order valence-electron chi connectivity index (χ1n) is 10.4. The topological polar surface area (TPSA) is 97.5 Å². The van der Waals surface area contributed by atoms with Gasteiger partial charge in [-0.05, 0) is 62.2 Å². The predicted molar refractivity (Wildman–Crippen MR) is 126 cm³/mol. The zero-order chi connectivity index (χ0) is 24.2. The van der Waals surface area contributed by atoms with Crippen LogP contribution in [-0.4, -0.2) is 22.7 Å². The Kier molecular flexibility index (Phi) is 7.37. The van der Waals surface area contributed by atoms with Crippen molar-refractivity contribution < 1.29 is 19.0 Å². The fraction of sp³-hybridized carbons (Fsp3) is 0.280. The second kappa shape index (κ2) is 9.87. The van der Waals surface area contributed by atoms with Crippen LogP contribution >= 0.6 is 11.6 Å². The number of nitrogens with one attached hydrogen (secondary N) is 1. The zero-order valence-corrected chi connectivity index (χ0v) is 19.5. The average molecular weight is 472 g/mol. The molecule has 1 amide bonds. The summed E-state index contributed by atoms with van der Waals surface area (Å²) in [4.78, 5) is 17.0. The van der Waals surface area contributed by atoms with Crippen molar-refractivity contribution >= 4 is 17.7 Å². The van der Waals surface area contributed by atoms with Gasteiger partial charge in [0.1, 0.15) is 18.0 Å². The first-order valence-corrected chi connectivity index (χ1v) is 10.8. The molecule has 1 aromatic heterocycles. The number of carbonyl (C=O) groups is 1. The summed E-state index contributed by atoms with van der Waals surface area (Å²) < 4.78 is 19.0. The molecule has 33 heavy (non-hydrogen) atoms. The van der Waals surface area contributed by atoms with Crippen molar-refractivity contribution in [1.82, 2.24) is 10.3 Å². The number of rotatable bonds is 7. The van der Waals surface area contributed by atoms with E-state index in [0.717, 1.165) is 5.56 Å². The number of ether oxygens (including phenoxy) is 1. The first kappa shape index (κ1) is 24.6. The standard InChI is InChI=1S/C25H27ClFN3O3/c1-24(2,30-23(31)33-14-16-7-5-4-6-8-16)18-12-21(17-9-10-20(27)19(26)11-17)29-22(13-18)25(3,32)15-28/h4-13,32H,14-15,28H2,1-3H3,(H,30,31). The molecule has 3 rings (SSSR count). The smallest absolute Gasteiger partial charge is 0.408 e. The summed E-state index contributed by atoms with van der Waals surface area (Å²) in [5.74, 6) is -0.547. The summed E-state index contributed by atoms with van der Waals surface area (Å²) in [6.45, 7) is 5.21. The highest BCUT2D eigenvalue weighted by atomic mass is 35.5. The fourth-order valence-electron chi connectivity index (χ4n) is 3.16. The molecule has 1 unspecified atom stereocenters. The van der Waals surface area contributed by atoms with Gasteiger partial charge in [-0.15, -0.1) is 0 Å². The van der Waals surface area contributed by atoms with Crippen LogP contribution in [0.2, 0.25) is 5.02 Å². The SMILES string of the molecule is CC(O)(CN)c1cc(C(C)(C)NC(=O)OCc2ccccc2)cc(-c2ccc(F)c(Cl)c2)n1.